The maximum absolute atomic E-state index is 14.7. The zero-order valence-corrected chi connectivity index (χ0v) is 29.4. The fourth-order valence-electron chi connectivity index (χ4n) is 8.25. The molecule has 2 aromatic rings. The molecular formula is C34H45BrN4O6Si. The van der Waals surface area contributed by atoms with E-state index in [-0.39, 0.29) is 54.2 Å². The molecule has 4 heterocycles. The van der Waals surface area contributed by atoms with Crippen molar-refractivity contribution in [2.45, 2.75) is 82.0 Å². The lowest BCUT2D eigenvalue weighted by Crippen LogP contribution is -2.46. The summed E-state index contributed by atoms with van der Waals surface area (Å²) >= 11 is 3.60. The number of rotatable bonds is 8. The molecule has 4 N–H and O–H groups in total. The number of hydrogen-bond acceptors (Lipinski definition) is 7. The first-order chi connectivity index (χ1) is 21.9. The van der Waals surface area contributed by atoms with Crippen molar-refractivity contribution in [1.82, 2.24) is 10.2 Å². The number of hydrogen-bond donors (Lipinski definition) is 4. The molecular weight excluding hydrogens is 668 g/mol. The lowest BCUT2D eigenvalue weighted by Gasteiger charge is -2.32. The topological polar surface area (TPSA) is 131 Å². The minimum absolute atomic E-state index is 0.0121. The standard InChI is InChI=1S/C34H45BrN4O6Si/c1-21-31(46(2,3)44)29(17-30(41)38-15-5-7-26(38)20-40)45-34(21)27-16-24(35)10-13-28(27)39(33(34)43)19-22-8-11-25(12-9-22)37-32(42)23-6-4-14-36-18-23/h8-13,16,21,23,26,29,31,36,40,44H,4-7,14-15,17-20H2,1-3H3,(H,37,42)/t21-,23?,26-,29+,31-,34+/m0/s1. The Kier molecular flexibility index (Phi) is 9.50. The summed E-state index contributed by atoms with van der Waals surface area (Å²) in [5.74, 6) is -0.738. The van der Waals surface area contributed by atoms with Gasteiger partial charge in [0.2, 0.25) is 11.8 Å². The van der Waals surface area contributed by atoms with Crippen LogP contribution >= 0.6 is 15.9 Å². The second-order valence-electron chi connectivity index (χ2n) is 13.9. The van der Waals surface area contributed by atoms with E-state index in [4.69, 9.17) is 4.74 Å². The summed E-state index contributed by atoms with van der Waals surface area (Å²) in [6, 6.07) is 13.1. The molecule has 3 fully saturated rings. The zero-order valence-electron chi connectivity index (χ0n) is 26.8. The Morgan fingerprint density at radius 2 is 1.91 bits per heavy atom. The number of amides is 3. The minimum Gasteiger partial charge on any atom is -0.432 e. The van der Waals surface area contributed by atoms with E-state index in [0.29, 0.717) is 25.3 Å². The van der Waals surface area contributed by atoms with Gasteiger partial charge in [-0.2, -0.15) is 0 Å². The van der Waals surface area contributed by atoms with Crippen LogP contribution in [-0.2, 0) is 31.3 Å². The smallest absolute Gasteiger partial charge is 0.264 e. The van der Waals surface area contributed by atoms with Gasteiger partial charge in [-0.25, -0.2) is 0 Å². The summed E-state index contributed by atoms with van der Waals surface area (Å²) in [6.45, 7) is 8.11. The number of likely N-dealkylation sites (tertiary alicyclic amines) is 1. The van der Waals surface area contributed by atoms with E-state index < -0.39 is 20.0 Å². The van der Waals surface area contributed by atoms with Crippen molar-refractivity contribution in [1.29, 1.82) is 0 Å². The van der Waals surface area contributed by atoms with Crippen LogP contribution < -0.4 is 15.5 Å². The van der Waals surface area contributed by atoms with Gasteiger partial charge in [0, 0.05) is 40.3 Å². The maximum Gasteiger partial charge on any atom is 0.264 e. The Bertz CT molecular complexity index is 1480. The van der Waals surface area contributed by atoms with Gasteiger partial charge in [0.25, 0.3) is 5.91 Å². The van der Waals surface area contributed by atoms with Gasteiger partial charge < -0.3 is 35.1 Å². The largest absolute Gasteiger partial charge is 0.432 e. The molecule has 12 heteroatoms. The van der Waals surface area contributed by atoms with Crippen LogP contribution in [0.3, 0.4) is 0 Å². The van der Waals surface area contributed by atoms with Crippen molar-refractivity contribution in [3.8, 4) is 0 Å². The van der Waals surface area contributed by atoms with E-state index in [0.717, 1.165) is 53.5 Å². The molecule has 0 aromatic heterocycles. The second kappa shape index (κ2) is 13.1. The number of nitrogens with one attached hydrogen (secondary N) is 2. The summed E-state index contributed by atoms with van der Waals surface area (Å²) in [4.78, 5) is 56.0. The molecule has 4 aliphatic heterocycles. The van der Waals surface area contributed by atoms with E-state index in [9.17, 15) is 24.3 Å². The number of nitrogens with zero attached hydrogens (tertiary/aromatic N) is 2. The number of anilines is 2. The van der Waals surface area contributed by atoms with Gasteiger partial charge >= 0.3 is 0 Å². The summed E-state index contributed by atoms with van der Waals surface area (Å²) in [5, 5.41) is 16.1. The monoisotopic (exact) mass is 712 g/mol. The molecule has 0 aliphatic carbocycles. The number of carbonyl (C=O) groups is 3. The van der Waals surface area contributed by atoms with Gasteiger partial charge in [-0.1, -0.05) is 35.0 Å². The van der Waals surface area contributed by atoms with Crippen molar-refractivity contribution >= 4 is 53.3 Å². The fourth-order valence-corrected chi connectivity index (χ4v) is 11.2. The van der Waals surface area contributed by atoms with Crippen LogP contribution in [0, 0.1) is 11.8 Å². The van der Waals surface area contributed by atoms with Crippen LogP contribution in [0.2, 0.25) is 18.6 Å². The minimum atomic E-state index is -2.93. The molecule has 6 atom stereocenters. The summed E-state index contributed by atoms with van der Waals surface area (Å²) in [5.41, 5.74) is 1.36. The summed E-state index contributed by atoms with van der Waals surface area (Å²) in [7, 11) is -2.93. The average Bonchev–Trinajstić information content (AvgIpc) is 3.69. The quantitative estimate of drug-likeness (QED) is 0.303. The number of fused-ring (bicyclic) bond motifs is 2. The second-order valence-corrected chi connectivity index (χ2v) is 18.8. The van der Waals surface area contributed by atoms with Crippen molar-refractivity contribution < 1.29 is 29.0 Å². The van der Waals surface area contributed by atoms with E-state index in [1.165, 1.54) is 0 Å². The number of aliphatic hydroxyl groups is 1. The molecule has 0 saturated carbocycles. The molecule has 46 heavy (non-hydrogen) atoms. The first-order valence-corrected chi connectivity index (χ1v) is 20.3. The van der Waals surface area contributed by atoms with Crippen LogP contribution in [0.15, 0.2) is 46.9 Å². The molecule has 2 aromatic carbocycles. The molecule has 248 valence electrons. The highest BCUT2D eigenvalue weighted by Gasteiger charge is 2.66. The van der Waals surface area contributed by atoms with Crippen LogP contribution in [-0.4, -0.2) is 79.2 Å². The van der Waals surface area contributed by atoms with Crippen LogP contribution in [0.25, 0.3) is 0 Å². The van der Waals surface area contributed by atoms with Gasteiger partial charge in [0.05, 0.1) is 43.3 Å². The average molecular weight is 714 g/mol. The predicted octanol–water partition coefficient (Wildman–Crippen LogP) is 4.11. The van der Waals surface area contributed by atoms with E-state index >= 15 is 0 Å². The molecule has 1 unspecified atom stereocenters. The van der Waals surface area contributed by atoms with Gasteiger partial charge in [-0.15, -0.1) is 0 Å². The third kappa shape index (κ3) is 6.08. The number of piperidine rings is 1. The van der Waals surface area contributed by atoms with Crippen LogP contribution in [0.1, 0.15) is 50.2 Å². The van der Waals surface area contributed by atoms with Crippen LogP contribution in [0.4, 0.5) is 11.4 Å². The van der Waals surface area contributed by atoms with Crippen molar-refractivity contribution in [3.63, 3.8) is 0 Å². The Morgan fingerprint density at radius 1 is 1.15 bits per heavy atom. The third-order valence-electron chi connectivity index (χ3n) is 10.5. The lowest BCUT2D eigenvalue weighted by molar-refractivity contribution is -0.150. The van der Waals surface area contributed by atoms with Crippen molar-refractivity contribution in [2.75, 3.05) is 36.5 Å². The van der Waals surface area contributed by atoms with Crippen molar-refractivity contribution in [2.24, 2.45) is 11.8 Å². The first kappa shape index (κ1) is 33.3. The number of carbonyl (C=O) groups excluding carboxylic acids is 3. The molecule has 3 amide bonds. The SMILES string of the molecule is C[C@H]1[C@H]([Si](C)(C)O)[C@@H](CC(=O)N2CCC[C@H]2CO)O[C@]12C(=O)N(Cc1ccc(NC(=O)C3CCCNC3)cc1)c1ccc(Br)cc12. The van der Waals surface area contributed by atoms with Gasteiger partial charge in [-0.3, -0.25) is 14.4 Å². The number of halogens is 1. The van der Waals surface area contributed by atoms with Gasteiger partial charge in [0.1, 0.15) is 0 Å². The highest BCUT2D eigenvalue weighted by atomic mass is 79.9. The molecule has 3 saturated heterocycles. The predicted molar refractivity (Wildman–Crippen MR) is 182 cm³/mol. The summed E-state index contributed by atoms with van der Waals surface area (Å²) in [6.07, 6.45) is 2.86. The number of ether oxygens (including phenoxy) is 1. The highest BCUT2D eigenvalue weighted by Crippen LogP contribution is 2.60. The van der Waals surface area contributed by atoms with E-state index in [1.54, 1.807) is 9.80 Å². The Balaban J connectivity index is 1.26. The maximum atomic E-state index is 14.7. The molecule has 4 aliphatic rings. The Hall–Kier alpha value is -2.61. The van der Waals surface area contributed by atoms with Crippen molar-refractivity contribution in [3.05, 3.63) is 58.1 Å². The fraction of sp³-hybridized carbons (Fsp3) is 0.559. The Labute approximate surface area is 280 Å². The first-order valence-electron chi connectivity index (χ1n) is 16.5. The van der Waals surface area contributed by atoms with E-state index in [2.05, 4.69) is 26.6 Å². The number of benzene rings is 2. The number of aliphatic hydroxyl groups excluding tert-OH is 1. The molecule has 0 radical (unpaired) electrons. The normalized spacial score (nSPS) is 29.4. The van der Waals surface area contributed by atoms with Gasteiger partial charge in [0.15, 0.2) is 13.9 Å². The lowest BCUT2D eigenvalue weighted by atomic mass is 9.82. The molecule has 0 bridgehead atoms. The zero-order chi connectivity index (χ0) is 32.8. The molecule has 10 nitrogen and oxygen atoms in total. The highest BCUT2D eigenvalue weighted by molar-refractivity contribution is 9.10. The third-order valence-corrected chi connectivity index (χ3v) is 13.5. The summed E-state index contributed by atoms with van der Waals surface area (Å²) < 4.78 is 7.65. The van der Waals surface area contributed by atoms with Crippen LogP contribution in [0.5, 0.6) is 0 Å². The van der Waals surface area contributed by atoms with E-state index in [1.807, 2.05) is 62.5 Å². The van der Waals surface area contributed by atoms with Gasteiger partial charge in [-0.05, 0) is 81.2 Å². The Morgan fingerprint density at radius 3 is 2.59 bits per heavy atom. The molecule has 6 rings (SSSR count). The molecule has 1 spiro atoms.